The molecule has 1 fully saturated rings. The molecule has 2 amide bonds. The molecule has 0 unspecified atom stereocenters. The molecule has 5 nitrogen and oxygen atoms in total. The number of carbonyl (C=O) groups is 2. The average Bonchev–Trinajstić information content (AvgIpc) is 2.12. The van der Waals surface area contributed by atoms with Gasteiger partial charge in [-0.15, -0.1) is 0 Å². The van der Waals surface area contributed by atoms with E-state index in [1.54, 1.807) is 18.7 Å². The SMILES string of the molecule is CCN(CC1CCC1)C(=O)NC(C)(C)CC(=O)O. The number of hydrogen-bond acceptors (Lipinski definition) is 2. The molecule has 0 bridgehead atoms. The number of carboxylic acids is 1. The van der Waals surface area contributed by atoms with Crippen LogP contribution in [0.4, 0.5) is 4.79 Å². The van der Waals surface area contributed by atoms with Crippen LogP contribution in [0, 0.1) is 5.92 Å². The zero-order valence-corrected chi connectivity index (χ0v) is 11.5. The van der Waals surface area contributed by atoms with Crippen LogP contribution >= 0.6 is 0 Å². The third-order valence-electron chi connectivity index (χ3n) is 3.41. The van der Waals surface area contributed by atoms with Gasteiger partial charge in [0.05, 0.1) is 6.42 Å². The van der Waals surface area contributed by atoms with Crippen molar-refractivity contribution in [3.63, 3.8) is 0 Å². The van der Waals surface area contributed by atoms with Crippen LogP contribution in [0.3, 0.4) is 0 Å². The van der Waals surface area contributed by atoms with Crippen LogP contribution in [0.5, 0.6) is 0 Å². The Bertz CT molecular complexity index is 311. The van der Waals surface area contributed by atoms with Crippen molar-refractivity contribution in [3.05, 3.63) is 0 Å². The average molecular weight is 256 g/mol. The predicted octanol–water partition coefficient (Wildman–Crippen LogP) is 2.07. The molecule has 0 saturated heterocycles. The summed E-state index contributed by atoms with van der Waals surface area (Å²) in [5.74, 6) is -0.277. The van der Waals surface area contributed by atoms with Crippen molar-refractivity contribution in [2.75, 3.05) is 13.1 Å². The molecule has 0 aromatic rings. The van der Waals surface area contributed by atoms with E-state index in [1.807, 2.05) is 6.92 Å². The highest BCUT2D eigenvalue weighted by atomic mass is 16.4. The fourth-order valence-electron chi connectivity index (χ4n) is 2.13. The number of nitrogens with one attached hydrogen (secondary N) is 1. The molecule has 1 aliphatic rings. The second-order valence-corrected chi connectivity index (χ2v) is 5.72. The number of rotatable bonds is 6. The van der Waals surface area contributed by atoms with E-state index in [4.69, 9.17) is 5.11 Å². The molecule has 0 aliphatic heterocycles. The molecule has 0 atom stereocenters. The summed E-state index contributed by atoms with van der Waals surface area (Å²) >= 11 is 0. The molecule has 0 heterocycles. The van der Waals surface area contributed by atoms with Gasteiger partial charge in [-0.2, -0.15) is 0 Å². The van der Waals surface area contributed by atoms with E-state index >= 15 is 0 Å². The van der Waals surface area contributed by atoms with Gasteiger partial charge in [0, 0.05) is 18.6 Å². The quantitative estimate of drug-likeness (QED) is 0.764. The molecular formula is C13H24N2O3. The highest BCUT2D eigenvalue weighted by Crippen LogP contribution is 2.27. The number of urea groups is 1. The van der Waals surface area contributed by atoms with Gasteiger partial charge in [0.2, 0.25) is 0 Å². The van der Waals surface area contributed by atoms with E-state index in [0.717, 1.165) is 6.54 Å². The number of amides is 2. The summed E-state index contributed by atoms with van der Waals surface area (Å²) in [4.78, 5) is 24.5. The molecule has 0 spiro atoms. The summed E-state index contributed by atoms with van der Waals surface area (Å²) < 4.78 is 0. The van der Waals surface area contributed by atoms with Gasteiger partial charge in [-0.05, 0) is 39.5 Å². The number of aliphatic carboxylic acids is 1. The topological polar surface area (TPSA) is 69.6 Å². The van der Waals surface area contributed by atoms with E-state index in [1.165, 1.54) is 19.3 Å². The van der Waals surface area contributed by atoms with Gasteiger partial charge < -0.3 is 15.3 Å². The van der Waals surface area contributed by atoms with Gasteiger partial charge in [-0.1, -0.05) is 6.42 Å². The molecule has 18 heavy (non-hydrogen) atoms. The summed E-state index contributed by atoms with van der Waals surface area (Å²) in [5.41, 5.74) is -0.712. The van der Waals surface area contributed by atoms with Crippen molar-refractivity contribution in [1.82, 2.24) is 10.2 Å². The summed E-state index contributed by atoms with van der Waals surface area (Å²) in [6.45, 7) is 6.85. The van der Waals surface area contributed by atoms with Crippen LogP contribution in [-0.4, -0.2) is 40.6 Å². The van der Waals surface area contributed by atoms with E-state index in [9.17, 15) is 9.59 Å². The van der Waals surface area contributed by atoms with Crippen molar-refractivity contribution in [1.29, 1.82) is 0 Å². The lowest BCUT2D eigenvalue weighted by Crippen LogP contribution is -2.52. The third-order valence-corrected chi connectivity index (χ3v) is 3.41. The smallest absolute Gasteiger partial charge is 0.317 e. The van der Waals surface area contributed by atoms with Crippen LogP contribution in [0.1, 0.15) is 46.5 Å². The minimum absolute atomic E-state index is 0.0697. The standard InChI is InChI=1S/C13H24N2O3/c1-4-15(9-10-6-5-7-10)12(18)14-13(2,3)8-11(16)17/h10H,4-9H2,1-3H3,(H,14,18)(H,16,17). The first kappa shape index (κ1) is 14.8. The van der Waals surface area contributed by atoms with Crippen LogP contribution in [0.15, 0.2) is 0 Å². The van der Waals surface area contributed by atoms with Crippen molar-refractivity contribution < 1.29 is 14.7 Å². The van der Waals surface area contributed by atoms with Gasteiger partial charge >= 0.3 is 12.0 Å². The number of hydrogen-bond donors (Lipinski definition) is 2. The molecule has 1 rings (SSSR count). The monoisotopic (exact) mass is 256 g/mol. The Labute approximate surface area is 109 Å². The van der Waals surface area contributed by atoms with Crippen LogP contribution in [-0.2, 0) is 4.79 Å². The lowest BCUT2D eigenvalue weighted by molar-refractivity contribution is -0.138. The highest BCUT2D eigenvalue weighted by Gasteiger charge is 2.28. The van der Waals surface area contributed by atoms with Gasteiger partial charge in [-0.3, -0.25) is 4.79 Å². The molecule has 2 N–H and O–H groups in total. The molecule has 104 valence electrons. The van der Waals surface area contributed by atoms with E-state index < -0.39 is 11.5 Å². The predicted molar refractivity (Wildman–Crippen MR) is 69.5 cm³/mol. The minimum Gasteiger partial charge on any atom is -0.481 e. The van der Waals surface area contributed by atoms with Crippen molar-refractivity contribution in [2.24, 2.45) is 5.92 Å². The Morgan fingerprint density at radius 2 is 2.00 bits per heavy atom. The maximum absolute atomic E-state index is 12.1. The molecule has 1 aliphatic carbocycles. The summed E-state index contributed by atoms with van der Waals surface area (Å²) in [6, 6.07) is -0.157. The van der Waals surface area contributed by atoms with Gasteiger partial charge in [-0.25, -0.2) is 4.79 Å². The lowest BCUT2D eigenvalue weighted by Gasteiger charge is -2.34. The van der Waals surface area contributed by atoms with Gasteiger partial charge in [0.1, 0.15) is 0 Å². The Kier molecular flexibility index (Phi) is 4.99. The summed E-state index contributed by atoms with van der Waals surface area (Å²) in [5, 5.41) is 11.6. The maximum atomic E-state index is 12.1. The van der Waals surface area contributed by atoms with E-state index in [0.29, 0.717) is 12.5 Å². The fourth-order valence-corrected chi connectivity index (χ4v) is 2.13. The lowest BCUT2D eigenvalue weighted by atomic mass is 9.85. The van der Waals surface area contributed by atoms with Crippen LogP contribution in [0.25, 0.3) is 0 Å². The van der Waals surface area contributed by atoms with E-state index in [2.05, 4.69) is 5.32 Å². The first-order valence-corrected chi connectivity index (χ1v) is 6.63. The summed E-state index contributed by atoms with van der Waals surface area (Å²) in [7, 11) is 0. The second-order valence-electron chi connectivity index (χ2n) is 5.72. The number of nitrogens with zero attached hydrogens (tertiary/aromatic N) is 1. The third kappa shape index (κ3) is 4.55. The van der Waals surface area contributed by atoms with Gasteiger partial charge in [0.15, 0.2) is 0 Å². The van der Waals surface area contributed by atoms with Gasteiger partial charge in [0.25, 0.3) is 0 Å². The first-order chi connectivity index (χ1) is 8.34. The Balaban J connectivity index is 2.47. The normalized spacial score (nSPS) is 15.9. The molecular weight excluding hydrogens is 232 g/mol. The summed E-state index contributed by atoms with van der Waals surface area (Å²) in [6.07, 6.45) is 3.58. The van der Waals surface area contributed by atoms with Crippen LogP contribution in [0.2, 0.25) is 0 Å². The second kappa shape index (κ2) is 6.07. The molecule has 0 aromatic heterocycles. The number of carboxylic acid groups (broad SMARTS) is 1. The molecule has 0 radical (unpaired) electrons. The maximum Gasteiger partial charge on any atom is 0.317 e. The van der Waals surface area contributed by atoms with E-state index in [-0.39, 0.29) is 12.5 Å². The highest BCUT2D eigenvalue weighted by molar-refractivity contribution is 5.76. The minimum atomic E-state index is -0.901. The first-order valence-electron chi connectivity index (χ1n) is 6.63. The zero-order chi connectivity index (χ0) is 13.8. The molecule has 0 aromatic carbocycles. The Morgan fingerprint density at radius 1 is 1.39 bits per heavy atom. The van der Waals surface area contributed by atoms with Crippen molar-refractivity contribution in [2.45, 2.75) is 52.0 Å². The zero-order valence-electron chi connectivity index (χ0n) is 11.5. The molecule has 1 saturated carbocycles. The Morgan fingerprint density at radius 3 is 2.39 bits per heavy atom. The van der Waals surface area contributed by atoms with Crippen molar-refractivity contribution >= 4 is 12.0 Å². The fraction of sp³-hybridized carbons (Fsp3) is 0.846. The molecule has 5 heteroatoms. The Hall–Kier alpha value is -1.26. The number of carbonyl (C=O) groups excluding carboxylic acids is 1. The largest absolute Gasteiger partial charge is 0.481 e. The van der Waals surface area contributed by atoms with Crippen LogP contribution < -0.4 is 5.32 Å². The van der Waals surface area contributed by atoms with Crippen molar-refractivity contribution in [3.8, 4) is 0 Å².